The van der Waals surface area contributed by atoms with Crippen LogP contribution in [0.25, 0.3) is 0 Å². The number of amides is 1. The fourth-order valence-corrected chi connectivity index (χ4v) is 1.22. The van der Waals surface area contributed by atoms with Gasteiger partial charge in [-0.1, -0.05) is 20.8 Å². The van der Waals surface area contributed by atoms with Gasteiger partial charge in [0.1, 0.15) is 5.82 Å². The zero-order chi connectivity index (χ0) is 14.6. The Morgan fingerprint density at radius 1 is 1.42 bits per heavy atom. The maximum Gasteiger partial charge on any atom is 0.332 e. The molecule has 1 heterocycles. The first kappa shape index (κ1) is 15.1. The number of aliphatic hydroxyl groups excluding tert-OH is 1. The van der Waals surface area contributed by atoms with Crippen molar-refractivity contribution in [2.75, 3.05) is 6.54 Å². The molecule has 1 aromatic rings. The van der Waals surface area contributed by atoms with Crippen molar-refractivity contribution in [3.63, 3.8) is 0 Å². The summed E-state index contributed by atoms with van der Waals surface area (Å²) >= 11 is 0. The molecule has 106 valence electrons. The van der Waals surface area contributed by atoms with Crippen LogP contribution in [0.5, 0.6) is 0 Å². The van der Waals surface area contributed by atoms with Gasteiger partial charge in [0, 0.05) is 18.4 Å². The number of carbonyl (C=O) groups excluding carboxylic acids is 1. The fourth-order valence-electron chi connectivity index (χ4n) is 1.22. The minimum absolute atomic E-state index is 0.00487. The lowest BCUT2D eigenvalue weighted by Crippen LogP contribution is -2.30. The Morgan fingerprint density at radius 3 is 2.53 bits per heavy atom. The molecule has 1 aromatic heterocycles. The third kappa shape index (κ3) is 4.32. The summed E-state index contributed by atoms with van der Waals surface area (Å²) in [7, 11) is 0. The van der Waals surface area contributed by atoms with Crippen molar-refractivity contribution in [2.24, 2.45) is 0 Å². The molecule has 1 atom stereocenters. The van der Waals surface area contributed by atoms with Crippen molar-refractivity contribution in [1.82, 2.24) is 20.5 Å². The first-order chi connectivity index (χ1) is 8.71. The molecule has 0 aromatic carbocycles. The molecule has 0 aliphatic heterocycles. The van der Waals surface area contributed by atoms with E-state index in [4.69, 9.17) is 10.2 Å². The molecule has 0 aliphatic carbocycles. The highest BCUT2D eigenvalue weighted by Gasteiger charge is 2.21. The third-order valence-corrected chi connectivity index (χ3v) is 2.39. The highest BCUT2D eigenvalue weighted by Crippen LogP contribution is 2.17. The number of aliphatic carboxylic acids is 1. The Balaban J connectivity index is 2.51. The number of aliphatic hydroxyl groups is 1. The van der Waals surface area contributed by atoms with Gasteiger partial charge >= 0.3 is 5.97 Å². The highest BCUT2D eigenvalue weighted by atomic mass is 16.4. The van der Waals surface area contributed by atoms with E-state index in [1.807, 2.05) is 20.8 Å². The number of aromatic nitrogens is 3. The van der Waals surface area contributed by atoms with E-state index in [1.165, 1.54) is 0 Å². The standard InChI is InChI=1S/C11H18N4O4/c1-11(2,3)10-13-7(14-15-10)8(17)12-5-4-6(16)9(18)19/h6,16H,4-5H2,1-3H3,(H,12,17)(H,18,19)(H,13,14,15)/t6-/m0/s1. The second-order valence-electron chi connectivity index (χ2n) is 5.16. The summed E-state index contributed by atoms with van der Waals surface area (Å²) in [6.45, 7) is 5.82. The minimum Gasteiger partial charge on any atom is -0.479 e. The molecule has 1 amide bonds. The van der Waals surface area contributed by atoms with Crippen LogP contribution < -0.4 is 5.32 Å². The summed E-state index contributed by atoms with van der Waals surface area (Å²) in [6.07, 6.45) is -1.56. The number of hydrogen-bond acceptors (Lipinski definition) is 5. The van der Waals surface area contributed by atoms with Crippen LogP contribution in [0.1, 0.15) is 43.6 Å². The lowest BCUT2D eigenvalue weighted by Gasteiger charge is -2.12. The maximum absolute atomic E-state index is 11.7. The predicted octanol–water partition coefficient (Wildman–Crippen LogP) is -0.332. The Kier molecular flexibility index (Phi) is 4.60. The molecule has 0 unspecified atom stereocenters. The molecule has 8 nitrogen and oxygen atoms in total. The average molecular weight is 270 g/mol. The molecule has 4 N–H and O–H groups in total. The normalized spacial score (nSPS) is 13.1. The van der Waals surface area contributed by atoms with Crippen LogP contribution in [0.3, 0.4) is 0 Å². The van der Waals surface area contributed by atoms with Gasteiger partial charge in [-0.3, -0.25) is 9.89 Å². The van der Waals surface area contributed by atoms with E-state index in [0.29, 0.717) is 5.82 Å². The van der Waals surface area contributed by atoms with E-state index in [0.717, 1.165) is 0 Å². The van der Waals surface area contributed by atoms with Crippen molar-refractivity contribution in [1.29, 1.82) is 0 Å². The largest absolute Gasteiger partial charge is 0.479 e. The number of nitrogens with zero attached hydrogens (tertiary/aromatic N) is 2. The monoisotopic (exact) mass is 270 g/mol. The number of hydrogen-bond donors (Lipinski definition) is 4. The molecular formula is C11H18N4O4. The van der Waals surface area contributed by atoms with E-state index < -0.39 is 18.0 Å². The van der Waals surface area contributed by atoms with Crippen LogP contribution in [0.4, 0.5) is 0 Å². The number of carboxylic acid groups (broad SMARTS) is 1. The van der Waals surface area contributed by atoms with Crippen LogP contribution in [0.15, 0.2) is 0 Å². The van der Waals surface area contributed by atoms with Gasteiger partial charge in [0.15, 0.2) is 6.10 Å². The van der Waals surface area contributed by atoms with Gasteiger partial charge in [0.05, 0.1) is 0 Å². The zero-order valence-electron chi connectivity index (χ0n) is 11.1. The van der Waals surface area contributed by atoms with Crippen molar-refractivity contribution in [2.45, 2.75) is 38.7 Å². The Hall–Kier alpha value is -1.96. The molecule has 0 radical (unpaired) electrons. The van der Waals surface area contributed by atoms with Gasteiger partial charge in [0.2, 0.25) is 5.82 Å². The van der Waals surface area contributed by atoms with E-state index in [1.54, 1.807) is 0 Å². The Bertz CT molecular complexity index is 464. The Morgan fingerprint density at radius 2 is 2.05 bits per heavy atom. The topological polar surface area (TPSA) is 128 Å². The maximum atomic E-state index is 11.7. The van der Waals surface area contributed by atoms with E-state index >= 15 is 0 Å². The van der Waals surface area contributed by atoms with Crippen LogP contribution in [0, 0.1) is 0 Å². The van der Waals surface area contributed by atoms with E-state index in [2.05, 4.69) is 20.5 Å². The quantitative estimate of drug-likeness (QED) is 0.580. The summed E-state index contributed by atoms with van der Waals surface area (Å²) in [5, 5.41) is 26.4. The lowest BCUT2D eigenvalue weighted by atomic mass is 9.96. The summed E-state index contributed by atoms with van der Waals surface area (Å²) in [6, 6.07) is 0. The molecule has 0 spiro atoms. The number of nitrogens with one attached hydrogen (secondary N) is 2. The van der Waals surface area contributed by atoms with Gasteiger partial charge in [-0.15, -0.1) is 5.10 Å². The van der Waals surface area contributed by atoms with Crippen molar-refractivity contribution in [3.05, 3.63) is 11.6 Å². The molecular weight excluding hydrogens is 252 g/mol. The molecule has 0 fully saturated rings. The summed E-state index contributed by atoms with van der Waals surface area (Å²) in [4.78, 5) is 26.1. The first-order valence-corrected chi connectivity index (χ1v) is 5.83. The lowest BCUT2D eigenvalue weighted by molar-refractivity contribution is -0.146. The van der Waals surface area contributed by atoms with Gasteiger partial charge in [-0.2, -0.15) is 0 Å². The van der Waals surface area contributed by atoms with Crippen LogP contribution in [0.2, 0.25) is 0 Å². The molecule has 19 heavy (non-hydrogen) atoms. The summed E-state index contributed by atoms with van der Waals surface area (Å²) < 4.78 is 0. The average Bonchev–Trinajstić information content (AvgIpc) is 2.77. The Labute approximate surface area is 110 Å². The van der Waals surface area contributed by atoms with Gasteiger partial charge in [-0.05, 0) is 0 Å². The highest BCUT2D eigenvalue weighted by molar-refractivity contribution is 5.90. The minimum atomic E-state index is -1.49. The van der Waals surface area contributed by atoms with Gasteiger partial charge < -0.3 is 15.5 Å². The number of aromatic amines is 1. The number of carbonyl (C=O) groups is 2. The SMILES string of the molecule is CC(C)(C)c1nc(C(=O)NCC[C@H](O)C(=O)O)n[nH]1. The van der Waals surface area contributed by atoms with Crippen LogP contribution in [-0.4, -0.2) is 49.9 Å². The van der Waals surface area contributed by atoms with Crippen LogP contribution >= 0.6 is 0 Å². The second kappa shape index (κ2) is 5.79. The number of carboxylic acids is 1. The van der Waals surface area contributed by atoms with Crippen molar-refractivity contribution in [3.8, 4) is 0 Å². The smallest absolute Gasteiger partial charge is 0.332 e. The number of rotatable bonds is 5. The molecule has 0 saturated heterocycles. The van der Waals surface area contributed by atoms with Crippen molar-refractivity contribution >= 4 is 11.9 Å². The third-order valence-electron chi connectivity index (χ3n) is 2.39. The molecule has 8 heteroatoms. The zero-order valence-corrected chi connectivity index (χ0v) is 11.1. The molecule has 0 saturated carbocycles. The molecule has 1 rings (SSSR count). The van der Waals surface area contributed by atoms with Gasteiger partial charge in [-0.25, -0.2) is 9.78 Å². The molecule has 0 bridgehead atoms. The van der Waals surface area contributed by atoms with Crippen LogP contribution in [-0.2, 0) is 10.2 Å². The summed E-state index contributed by atoms with van der Waals surface area (Å²) in [5.41, 5.74) is -0.245. The van der Waals surface area contributed by atoms with Crippen molar-refractivity contribution < 1.29 is 19.8 Å². The fraction of sp³-hybridized carbons (Fsp3) is 0.636. The second-order valence-corrected chi connectivity index (χ2v) is 5.16. The van der Waals surface area contributed by atoms with E-state index in [-0.39, 0.29) is 24.2 Å². The van der Waals surface area contributed by atoms with Gasteiger partial charge in [0.25, 0.3) is 5.91 Å². The van der Waals surface area contributed by atoms with E-state index in [9.17, 15) is 9.59 Å². The first-order valence-electron chi connectivity index (χ1n) is 5.83. The molecule has 0 aliphatic rings. The summed E-state index contributed by atoms with van der Waals surface area (Å²) in [5.74, 6) is -1.25. The number of H-pyrrole nitrogens is 1. The predicted molar refractivity (Wildman–Crippen MR) is 65.7 cm³/mol.